The molecule has 2 atom stereocenters. The Balaban J connectivity index is 1.66. The molecule has 6 nitrogen and oxygen atoms in total. The molecule has 1 aliphatic rings. The van der Waals surface area contributed by atoms with Gasteiger partial charge in [0.2, 0.25) is 0 Å². The molecule has 1 aromatic carbocycles. The predicted octanol–water partition coefficient (Wildman–Crippen LogP) is 2.71. The zero-order chi connectivity index (χ0) is 17.1. The summed E-state index contributed by atoms with van der Waals surface area (Å²) in [4.78, 5) is 15.2. The highest BCUT2D eigenvalue weighted by Gasteiger charge is 2.22. The lowest BCUT2D eigenvalue weighted by Gasteiger charge is -2.35. The van der Waals surface area contributed by atoms with Crippen molar-refractivity contribution in [2.75, 3.05) is 18.4 Å². The minimum atomic E-state index is -0.159. The second kappa shape index (κ2) is 7.38. The molecule has 0 saturated carbocycles. The van der Waals surface area contributed by atoms with Crippen LogP contribution < -0.4 is 5.32 Å². The van der Waals surface area contributed by atoms with E-state index in [0.717, 1.165) is 36.9 Å². The van der Waals surface area contributed by atoms with Crippen LogP contribution in [0.3, 0.4) is 0 Å². The standard InChI is InChI=1S/C17H22N4O2S/c1-11-8-21(9-12(2)23-11)10-14-5-4-6-15(7-14)18-17(22)16-13(3)19-20-24-16/h4-7,11-12H,8-10H2,1-3H3,(H,18,22)/t11-,12-/m1/s1. The van der Waals surface area contributed by atoms with Crippen molar-refractivity contribution < 1.29 is 9.53 Å². The third-order valence-corrected chi connectivity index (χ3v) is 4.77. The predicted molar refractivity (Wildman–Crippen MR) is 94.3 cm³/mol. The van der Waals surface area contributed by atoms with Gasteiger partial charge in [-0.25, -0.2) is 0 Å². The molecule has 7 heteroatoms. The van der Waals surface area contributed by atoms with E-state index in [0.29, 0.717) is 10.6 Å². The molecule has 1 saturated heterocycles. The molecule has 24 heavy (non-hydrogen) atoms. The van der Waals surface area contributed by atoms with Crippen molar-refractivity contribution in [1.29, 1.82) is 0 Å². The first-order chi connectivity index (χ1) is 11.5. The summed E-state index contributed by atoms with van der Waals surface area (Å²) in [5, 5.41) is 6.81. The van der Waals surface area contributed by atoms with Gasteiger partial charge < -0.3 is 10.1 Å². The van der Waals surface area contributed by atoms with E-state index >= 15 is 0 Å². The first kappa shape index (κ1) is 17.0. The molecule has 1 aliphatic heterocycles. The van der Waals surface area contributed by atoms with Gasteiger partial charge in [0, 0.05) is 25.3 Å². The fraction of sp³-hybridized carbons (Fsp3) is 0.471. The minimum absolute atomic E-state index is 0.159. The van der Waals surface area contributed by atoms with Crippen LogP contribution in [0, 0.1) is 6.92 Å². The number of hydrogen-bond donors (Lipinski definition) is 1. The summed E-state index contributed by atoms with van der Waals surface area (Å²) >= 11 is 1.11. The third-order valence-electron chi connectivity index (χ3n) is 3.94. The number of nitrogens with zero attached hydrogens (tertiary/aromatic N) is 3. The Labute approximate surface area is 146 Å². The molecule has 0 bridgehead atoms. The number of carbonyl (C=O) groups excluding carboxylic acids is 1. The van der Waals surface area contributed by atoms with E-state index in [2.05, 4.69) is 39.7 Å². The highest BCUT2D eigenvalue weighted by atomic mass is 32.1. The molecule has 0 aliphatic carbocycles. The van der Waals surface area contributed by atoms with E-state index in [-0.39, 0.29) is 18.1 Å². The van der Waals surface area contributed by atoms with Gasteiger partial charge in [-0.3, -0.25) is 9.69 Å². The summed E-state index contributed by atoms with van der Waals surface area (Å²) in [5.74, 6) is -0.159. The van der Waals surface area contributed by atoms with Crippen LogP contribution in [0.5, 0.6) is 0 Å². The van der Waals surface area contributed by atoms with Gasteiger partial charge in [0.25, 0.3) is 5.91 Å². The normalized spacial score (nSPS) is 21.6. The Morgan fingerprint density at radius 1 is 1.38 bits per heavy atom. The molecule has 128 valence electrons. The lowest BCUT2D eigenvalue weighted by Crippen LogP contribution is -2.44. The molecule has 0 spiro atoms. The molecule has 1 amide bonds. The molecule has 0 radical (unpaired) electrons. The fourth-order valence-corrected chi connectivity index (χ4v) is 3.60. The van der Waals surface area contributed by atoms with Crippen molar-refractivity contribution in [2.24, 2.45) is 0 Å². The van der Waals surface area contributed by atoms with Crippen LogP contribution in [0.4, 0.5) is 5.69 Å². The van der Waals surface area contributed by atoms with Crippen molar-refractivity contribution >= 4 is 23.1 Å². The van der Waals surface area contributed by atoms with E-state index in [1.165, 1.54) is 5.56 Å². The molecular formula is C17H22N4O2S. The molecule has 1 N–H and O–H groups in total. The lowest BCUT2D eigenvalue weighted by molar-refractivity contribution is -0.0704. The number of anilines is 1. The number of ether oxygens (including phenoxy) is 1. The van der Waals surface area contributed by atoms with Gasteiger partial charge in [-0.2, -0.15) is 0 Å². The third kappa shape index (κ3) is 4.17. The van der Waals surface area contributed by atoms with Gasteiger partial charge in [0.15, 0.2) is 0 Å². The van der Waals surface area contributed by atoms with E-state index in [1.54, 1.807) is 6.92 Å². The summed E-state index contributed by atoms with van der Waals surface area (Å²) < 4.78 is 9.58. The highest BCUT2D eigenvalue weighted by molar-refractivity contribution is 7.08. The summed E-state index contributed by atoms with van der Waals surface area (Å²) in [7, 11) is 0. The van der Waals surface area contributed by atoms with Gasteiger partial charge in [-0.05, 0) is 50.0 Å². The van der Waals surface area contributed by atoms with Crippen LogP contribution in [-0.2, 0) is 11.3 Å². The van der Waals surface area contributed by atoms with Crippen LogP contribution in [0.1, 0.15) is 34.8 Å². The highest BCUT2D eigenvalue weighted by Crippen LogP contribution is 2.18. The number of rotatable bonds is 4. The van der Waals surface area contributed by atoms with Crippen molar-refractivity contribution in [1.82, 2.24) is 14.5 Å². The number of aryl methyl sites for hydroxylation is 1. The Bertz CT molecular complexity index is 708. The number of aromatic nitrogens is 2. The average Bonchev–Trinajstić information content (AvgIpc) is 2.92. The quantitative estimate of drug-likeness (QED) is 0.922. The summed E-state index contributed by atoms with van der Waals surface area (Å²) in [6, 6.07) is 7.97. The van der Waals surface area contributed by atoms with Crippen LogP contribution in [0.25, 0.3) is 0 Å². The van der Waals surface area contributed by atoms with Gasteiger partial charge in [-0.15, -0.1) is 5.10 Å². The molecule has 1 fully saturated rings. The van der Waals surface area contributed by atoms with E-state index in [4.69, 9.17) is 4.74 Å². The molecule has 2 heterocycles. The maximum absolute atomic E-state index is 12.3. The van der Waals surface area contributed by atoms with Gasteiger partial charge in [0.05, 0.1) is 17.9 Å². The Morgan fingerprint density at radius 2 is 2.12 bits per heavy atom. The van der Waals surface area contributed by atoms with Crippen molar-refractivity contribution in [3.63, 3.8) is 0 Å². The number of hydrogen-bond acceptors (Lipinski definition) is 6. The molecule has 0 unspecified atom stereocenters. The zero-order valence-electron chi connectivity index (χ0n) is 14.2. The van der Waals surface area contributed by atoms with Crippen LogP contribution in [0.15, 0.2) is 24.3 Å². The maximum atomic E-state index is 12.3. The van der Waals surface area contributed by atoms with Crippen LogP contribution >= 0.6 is 11.5 Å². The minimum Gasteiger partial charge on any atom is -0.373 e. The molecule has 3 rings (SSSR count). The lowest BCUT2D eigenvalue weighted by atomic mass is 10.1. The summed E-state index contributed by atoms with van der Waals surface area (Å²) in [6.07, 6.45) is 0.497. The number of benzene rings is 1. The zero-order valence-corrected chi connectivity index (χ0v) is 15.0. The number of carbonyl (C=O) groups is 1. The first-order valence-corrected chi connectivity index (χ1v) is 8.85. The van der Waals surface area contributed by atoms with Gasteiger partial charge in [-0.1, -0.05) is 16.6 Å². The summed E-state index contributed by atoms with van der Waals surface area (Å²) in [5.41, 5.74) is 2.62. The van der Waals surface area contributed by atoms with E-state index in [1.807, 2.05) is 18.2 Å². The second-order valence-electron chi connectivity index (χ2n) is 6.29. The van der Waals surface area contributed by atoms with Gasteiger partial charge >= 0.3 is 0 Å². The van der Waals surface area contributed by atoms with Crippen LogP contribution in [0.2, 0.25) is 0 Å². The topological polar surface area (TPSA) is 67.4 Å². The average molecular weight is 346 g/mol. The van der Waals surface area contributed by atoms with Crippen molar-refractivity contribution in [2.45, 2.75) is 39.5 Å². The van der Waals surface area contributed by atoms with Crippen LogP contribution in [-0.4, -0.2) is 45.7 Å². The first-order valence-electron chi connectivity index (χ1n) is 8.08. The Morgan fingerprint density at radius 3 is 2.79 bits per heavy atom. The largest absolute Gasteiger partial charge is 0.373 e. The number of amides is 1. The van der Waals surface area contributed by atoms with E-state index < -0.39 is 0 Å². The smallest absolute Gasteiger partial charge is 0.269 e. The summed E-state index contributed by atoms with van der Waals surface area (Å²) in [6.45, 7) is 8.69. The molecule has 1 aromatic heterocycles. The second-order valence-corrected chi connectivity index (χ2v) is 7.05. The number of morpholine rings is 1. The Hall–Kier alpha value is -1.83. The SMILES string of the molecule is Cc1nnsc1C(=O)Nc1cccc(CN2C[C@@H](C)O[C@H](C)C2)c1. The maximum Gasteiger partial charge on any atom is 0.269 e. The Kier molecular flexibility index (Phi) is 5.23. The van der Waals surface area contributed by atoms with Crippen molar-refractivity contribution in [3.05, 3.63) is 40.4 Å². The fourth-order valence-electron chi connectivity index (χ4n) is 3.05. The molecule has 2 aromatic rings. The number of nitrogens with one attached hydrogen (secondary N) is 1. The van der Waals surface area contributed by atoms with Crippen molar-refractivity contribution in [3.8, 4) is 0 Å². The van der Waals surface area contributed by atoms with Gasteiger partial charge in [0.1, 0.15) is 4.88 Å². The van der Waals surface area contributed by atoms with E-state index in [9.17, 15) is 4.79 Å². The molecular weight excluding hydrogens is 324 g/mol. The monoisotopic (exact) mass is 346 g/mol.